The molecule has 18 heavy (non-hydrogen) atoms. The zero-order valence-electron chi connectivity index (χ0n) is 12.0. The first-order chi connectivity index (χ1) is 8.28. The molecule has 0 spiro atoms. The van der Waals surface area contributed by atoms with Crippen LogP contribution in [0.5, 0.6) is 0 Å². The zero-order valence-corrected chi connectivity index (χ0v) is 12.8. The summed E-state index contributed by atoms with van der Waals surface area (Å²) in [6, 6.07) is 0. The number of piperidine rings is 1. The fourth-order valence-corrected chi connectivity index (χ4v) is 3.23. The van der Waals surface area contributed by atoms with Gasteiger partial charge in [-0.05, 0) is 64.3 Å². The molecule has 0 aromatic rings. The molecule has 0 aromatic carbocycles. The van der Waals surface area contributed by atoms with E-state index in [1.165, 1.54) is 65.1 Å². The van der Waals surface area contributed by atoms with E-state index in [-0.39, 0.29) is 12.4 Å². The Morgan fingerprint density at radius 1 is 1.17 bits per heavy atom. The number of rotatable bonds is 5. The number of nitrogens with one attached hydrogen (secondary N) is 1. The van der Waals surface area contributed by atoms with Gasteiger partial charge in [-0.3, -0.25) is 0 Å². The molecular weight excluding hydrogens is 246 g/mol. The molecule has 0 aromatic heterocycles. The molecule has 0 saturated carbocycles. The van der Waals surface area contributed by atoms with Crippen LogP contribution in [0.25, 0.3) is 0 Å². The quantitative estimate of drug-likeness (QED) is 0.824. The van der Waals surface area contributed by atoms with Crippen LogP contribution in [-0.4, -0.2) is 62.7 Å². The van der Waals surface area contributed by atoms with Gasteiger partial charge >= 0.3 is 0 Å². The van der Waals surface area contributed by atoms with Crippen LogP contribution in [0.1, 0.15) is 26.2 Å². The van der Waals surface area contributed by atoms with Gasteiger partial charge in [-0.25, -0.2) is 0 Å². The van der Waals surface area contributed by atoms with Crippen LogP contribution >= 0.6 is 12.4 Å². The van der Waals surface area contributed by atoms with Crippen LogP contribution in [0.3, 0.4) is 0 Å². The van der Waals surface area contributed by atoms with Crippen molar-refractivity contribution in [2.75, 3.05) is 52.9 Å². The van der Waals surface area contributed by atoms with Crippen molar-refractivity contribution in [3.63, 3.8) is 0 Å². The molecule has 1 atom stereocenters. The third kappa shape index (κ3) is 5.04. The predicted octanol–water partition coefficient (Wildman–Crippen LogP) is 1.68. The molecule has 2 fully saturated rings. The normalized spacial score (nSPS) is 26.5. The molecule has 0 aliphatic carbocycles. The van der Waals surface area contributed by atoms with E-state index in [9.17, 15) is 0 Å². The van der Waals surface area contributed by atoms with Crippen molar-refractivity contribution in [1.29, 1.82) is 0 Å². The lowest BCUT2D eigenvalue weighted by molar-refractivity contribution is 0.224. The molecule has 3 nitrogen and oxygen atoms in total. The highest BCUT2D eigenvalue weighted by Crippen LogP contribution is 2.21. The first-order valence-electron chi connectivity index (χ1n) is 7.39. The molecule has 2 aliphatic rings. The summed E-state index contributed by atoms with van der Waals surface area (Å²) in [5.41, 5.74) is 0. The van der Waals surface area contributed by atoms with Crippen molar-refractivity contribution in [1.82, 2.24) is 15.1 Å². The second kappa shape index (κ2) is 8.36. The molecule has 1 N–H and O–H groups in total. The molecule has 0 radical (unpaired) electrons. The third-order valence-electron chi connectivity index (χ3n) is 4.45. The molecule has 0 amide bonds. The van der Waals surface area contributed by atoms with Gasteiger partial charge in [0.05, 0.1) is 0 Å². The average Bonchev–Trinajstić information content (AvgIpc) is 2.77. The van der Waals surface area contributed by atoms with Gasteiger partial charge in [-0.15, -0.1) is 12.4 Å². The molecule has 2 rings (SSSR count). The third-order valence-corrected chi connectivity index (χ3v) is 4.45. The topological polar surface area (TPSA) is 18.5 Å². The van der Waals surface area contributed by atoms with Crippen LogP contribution in [0.2, 0.25) is 0 Å². The van der Waals surface area contributed by atoms with Gasteiger partial charge in [0.15, 0.2) is 0 Å². The summed E-state index contributed by atoms with van der Waals surface area (Å²) in [5.74, 6) is 1.88. The minimum absolute atomic E-state index is 0. The SMILES string of the molecule is CCN(C)CC1CCN(CC2CCNCC2)C1.Cl. The summed E-state index contributed by atoms with van der Waals surface area (Å²) in [7, 11) is 2.25. The monoisotopic (exact) mass is 275 g/mol. The summed E-state index contributed by atoms with van der Waals surface area (Å²) in [5, 5.41) is 3.46. The van der Waals surface area contributed by atoms with E-state index in [0.29, 0.717) is 0 Å². The predicted molar refractivity (Wildman–Crippen MR) is 80.6 cm³/mol. The lowest BCUT2D eigenvalue weighted by Gasteiger charge is -2.27. The smallest absolute Gasteiger partial charge is 0.00225 e. The Hall–Kier alpha value is 0.170. The van der Waals surface area contributed by atoms with Crippen molar-refractivity contribution in [3.8, 4) is 0 Å². The van der Waals surface area contributed by atoms with Crippen molar-refractivity contribution in [2.24, 2.45) is 11.8 Å². The minimum Gasteiger partial charge on any atom is -0.317 e. The van der Waals surface area contributed by atoms with Crippen LogP contribution in [0, 0.1) is 11.8 Å². The fourth-order valence-electron chi connectivity index (χ4n) is 3.23. The summed E-state index contributed by atoms with van der Waals surface area (Å²) < 4.78 is 0. The maximum atomic E-state index is 3.46. The largest absolute Gasteiger partial charge is 0.317 e. The molecule has 4 heteroatoms. The van der Waals surface area contributed by atoms with E-state index in [4.69, 9.17) is 0 Å². The van der Waals surface area contributed by atoms with Crippen LogP contribution in [0.4, 0.5) is 0 Å². The Morgan fingerprint density at radius 2 is 1.89 bits per heavy atom. The first-order valence-corrected chi connectivity index (χ1v) is 7.39. The lowest BCUT2D eigenvalue weighted by Crippen LogP contribution is -2.36. The van der Waals surface area contributed by atoms with Crippen molar-refractivity contribution in [2.45, 2.75) is 26.2 Å². The Labute approximate surface area is 119 Å². The molecule has 2 heterocycles. The van der Waals surface area contributed by atoms with E-state index in [2.05, 4.69) is 29.1 Å². The second-order valence-corrected chi connectivity index (χ2v) is 5.96. The number of hydrogen-bond acceptors (Lipinski definition) is 3. The maximum Gasteiger partial charge on any atom is 0.00225 e. The minimum atomic E-state index is 0. The zero-order chi connectivity index (χ0) is 12.1. The van der Waals surface area contributed by atoms with E-state index in [1.54, 1.807) is 0 Å². The van der Waals surface area contributed by atoms with E-state index in [0.717, 1.165) is 11.8 Å². The van der Waals surface area contributed by atoms with Gasteiger partial charge in [0.25, 0.3) is 0 Å². The van der Waals surface area contributed by atoms with Crippen LogP contribution in [0.15, 0.2) is 0 Å². The number of halogens is 1. The Bertz CT molecular complexity index is 219. The molecule has 108 valence electrons. The lowest BCUT2D eigenvalue weighted by atomic mass is 9.98. The van der Waals surface area contributed by atoms with Crippen molar-refractivity contribution in [3.05, 3.63) is 0 Å². The maximum absolute atomic E-state index is 3.46. The van der Waals surface area contributed by atoms with Gasteiger partial charge in [-0.1, -0.05) is 6.92 Å². The average molecular weight is 276 g/mol. The highest BCUT2D eigenvalue weighted by Gasteiger charge is 2.25. The molecule has 2 aliphatic heterocycles. The van der Waals surface area contributed by atoms with Gasteiger partial charge in [0.1, 0.15) is 0 Å². The first kappa shape index (κ1) is 16.2. The number of hydrogen-bond donors (Lipinski definition) is 1. The van der Waals surface area contributed by atoms with E-state index in [1.807, 2.05) is 0 Å². The van der Waals surface area contributed by atoms with E-state index >= 15 is 0 Å². The van der Waals surface area contributed by atoms with Gasteiger partial charge < -0.3 is 15.1 Å². The Kier molecular flexibility index (Phi) is 7.54. The summed E-state index contributed by atoms with van der Waals surface area (Å²) in [4.78, 5) is 5.17. The summed E-state index contributed by atoms with van der Waals surface area (Å²) in [6.45, 7) is 11.2. The standard InChI is InChI=1S/C14H29N3.ClH/c1-3-16(2)10-14-6-9-17(12-14)11-13-4-7-15-8-5-13;/h13-15H,3-12H2,1-2H3;1H. The van der Waals surface area contributed by atoms with E-state index < -0.39 is 0 Å². The van der Waals surface area contributed by atoms with Gasteiger partial charge in [0, 0.05) is 19.6 Å². The van der Waals surface area contributed by atoms with Crippen molar-refractivity contribution < 1.29 is 0 Å². The second-order valence-electron chi connectivity index (χ2n) is 5.96. The highest BCUT2D eigenvalue weighted by molar-refractivity contribution is 5.85. The van der Waals surface area contributed by atoms with Gasteiger partial charge in [-0.2, -0.15) is 0 Å². The molecule has 2 saturated heterocycles. The number of nitrogens with zero attached hydrogens (tertiary/aromatic N) is 2. The summed E-state index contributed by atoms with van der Waals surface area (Å²) in [6.07, 6.45) is 4.18. The van der Waals surface area contributed by atoms with Gasteiger partial charge in [0.2, 0.25) is 0 Å². The fraction of sp³-hybridized carbons (Fsp3) is 1.00. The Morgan fingerprint density at radius 3 is 2.56 bits per heavy atom. The number of likely N-dealkylation sites (tertiary alicyclic amines) is 1. The molecule has 1 unspecified atom stereocenters. The molecular formula is C14H30ClN3. The Balaban J connectivity index is 0.00000162. The summed E-state index contributed by atoms with van der Waals surface area (Å²) >= 11 is 0. The van der Waals surface area contributed by atoms with Crippen LogP contribution in [-0.2, 0) is 0 Å². The molecule has 0 bridgehead atoms. The van der Waals surface area contributed by atoms with Crippen LogP contribution < -0.4 is 5.32 Å². The van der Waals surface area contributed by atoms with Crippen molar-refractivity contribution >= 4 is 12.4 Å². The highest BCUT2D eigenvalue weighted by atomic mass is 35.5.